The van der Waals surface area contributed by atoms with E-state index < -0.39 is 17.9 Å². The molecule has 0 aliphatic rings. The lowest BCUT2D eigenvalue weighted by Gasteiger charge is -2.26. The van der Waals surface area contributed by atoms with Crippen LogP contribution in [-0.4, -0.2) is 17.9 Å². The number of carbonyl (C=O) groups is 3. The molecule has 36 heavy (non-hydrogen) atoms. The van der Waals surface area contributed by atoms with Crippen LogP contribution >= 0.6 is 0 Å². The fourth-order valence-electron chi connectivity index (χ4n) is 3.03. The topological polar surface area (TPSA) is 82.1 Å². The van der Waals surface area contributed by atoms with Gasteiger partial charge in [-0.2, -0.15) is 0 Å². The first-order valence-corrected chi connectivity index (χ1v) is 10.9. The lowest BCUT2D eigenvalue weighted by atomic mass is 10.1. The molecule has 0 spiro atoms. The molecule has 0 aromatic heterocycles. The van der Waals surface area contributed by atoms with Crippen LogP contribution in [0.25, 0.3) is 0 Å². The number of ether oxygens (including phenoxy) is 3. The van der Waals surface area contributed by atoms with Crippen molar-refractivity contribution in [3.05, 3.63) is 110 Å². The van der Waals surface area contributed by atoms with E-state index in [2.05, 4.69) is 19.7 Å². The monoisotopic (exact) mass is 483 g/mol. The maximum atomic E-state index is 12.0. The zero-order chi connectivity index (χ0) is 26.2. The number of carbonyl (C=O) groups excluding carboxylic acids is 3. The second-order valence-corrected chi connectivity index (χ2v) is 7.79. The minimum atomic E-state index is -0.571. The molecule has 3 aromatic carbocycles. The molecule has 0 aliphatic heterocycles. The van der Waals surface area contributed by atoms with Crippen molar-refractivity contribution in [3.8, 4) is 17.2 Å². The van der Waals surface area contributed by atoms with Crippen LogP contribution in [-0.2, 0) is 14.4 Å². The number of benzene rings is 3. The smallest absolute Gasteiger partial charge is 0.338 e. The Labute approximate surface area is 209 Å². The van der Waals surface area contributed by atoms with Gasteiger partial charge in [-0.15, -0.1) is 0 Å². The normalized spacial score (nSPS) is 10.1. The van der Waals surface area contributed by atoms with Crippen molar-refractivity contribution >= 4 is 35.0 Å². The zero-order valence-corrected chi connectivity index (χ0v) is 20.0. The Bertz CT molecular complexity index is 1270. The SMILES string of the molecule is C=CC(=O)Oc1ccc(N(c2cccc(OC(=O)C(=C)C)c2)c2cccc(OC(=O)C(=C)C)c2)cc1. The highest BCUT2D eigenvalue weighted by atomic mass is 16.5. The average Bonchev–Trinajstić information content (AvgIpc) is 2.85. The second-order valence-electron chi connectivity index (χ2n) is 7.79. The molecule has 0 aliphatic carbocycles. The van der Waals surface area contributed by atoms with Crippen molar-refractivity contribution in [2.24, 2.45) is 0 Å². The summed E-state index contributed by atoms with van der Waals surface area (Å²) in [6, 6.07) is 20.6. The van der Waals surface area contributed by atoms with E-state index in [1.165, 1.54) is 0 Å². The third-order valence-electron chi connectivity index (χ3n) is 4.75. The van der Waals surface area contributed by atoms with Gasteiger partial charge in [0, 0.05) is 46.4 Å². The van der Waals surface area contributed by atoms with Gasteiger partial charge < -0.3 is 19.1 Å². The van der Waals surface area contributed by atoms with E-state index in [9.17, 15) is 14.4 Å². The molecule has 0 N–H and O–H groups in total. The molecule has 3 aromatic rings. The highest BCUT2D eigenvalue weighted by Gasteiger charge is 2.16. The van der Waals surface area contributed by atoms with Gasteiger partial charge >= 0.3 is 17.9 Å². The predicted octanol–water partition coefficient (Wildman–Crippen LogP) is 6.21. The molecular formula is C29H25NO6. The molecule has 0 unspecified atom stereocenters. The fourth-order valence-corrected chi connectivity index (χ4v) is 3.03. The summed E-state index contributed by atoms with van der Waals surface area (Å²) in [5, 5.41) is 0. The molecule has 0 atom stereocenters. The van der Waals surface area contributed by atoms with Gasteiger partial charge in [0.25, 0.3) is 0 Å². The fraction of sp³-hybridized carbons (Fsp3) is 0.0690. The number of hydrogen-bond acceptors (Lipinski definition) is 7. The molecule has 0 heterocycles. The van der Waals surface area contributed by atoms with Gasteiger partial charge in [-0.3, -0.25) is 0 Å². The second kappa shape index (κ2) is 11.5. The molecule has 0 radical (unpaired) electrons. The zero-order valence-electron chi connectivity index (χ0n) is 20.0. The Balaban J connectivity index is 2.06. The van der Waals surface area contributed by atoms with Crippen LogP contribution in [0, 0.1) is 0 Å². The van der Waals surface area contributed by atoms with Crippen molar-refractivity contribution in [1.29, 1.82) is 0 Å². The molecule has 0 saturated heterocycles. The summed E-state index contributed by atoms with van der Waals surface area (Å²) in [4.78, 5) is 37.5. The standard InChI is InChI=1S/C29H25NO6/c1-6-27(31)34-24-15-13-21(14-16-24)30(22-9-7-11-25(17-22)35-28(32)19(2)3)23-10-8-12-26(18-23)36-29(33)20(4)5/h6-18H,1-2,4H2,3,5H3. The average molecular weight is 484 g/mol. The van der Waals surface area contributed by atoms with Gasteiger partial charge in [-0.05, 0) is 62.4 Å². The number of hydrogen-bond donors (Lipinski definition) is 0. The summed E-state index contributed by atoms with van der Waals surface area (Å²) in [6.07, 6.45) is 1.08. The van der Waals surface area contributed by atoms with Crippen molar-refractivity contribution in [3.63, 3.8) is 0 Å². The minimum absolute atomic E-state index is 0.272. The van der Waals surface area contributed by atoms with E-state index in [-0.39, 0.29) is 11.1 Å². The Kier molecular flexibility index (Phi) is 8.20. The van der Waals surface area contributed by atoms with Gasteiger partial charge in [0.15, 0.2) is 0 Å². The molecular weight excluding hydrogens is 458 g/mol. The summed E-state index contributed by atoms with van der Waals surface area (Å²) in [6.45, 7) is 13.7. The third-order valence-corrected chi connectivity index (χ3v) is 4.75. The van der Waals surface area contributed by atoms with Gasteiger partial charge in [0.2, 0.25) is 0 Å². The molecule has 7 heteroatoms. The van der Waals surface area contributed by atoms with Gasteiger partial charge in [-0.25, -0.2) is 14.4 Å². The summed E-state index contributed by atoms with van der Waals surface area (Å²) in [5.41, 5.74) is 2.55. The summed E-state index contributed by atoms with van der Waals surface area (Å²) in [5.74, 6) is -0.657. The van der Waals surface area contributed by atoms with Crippen LogP contribution in [0.5, 0.6) is 17.2 Å². The van der Waals surface area contributed by atoms with Crippen LogP contribution in [0.3, 0.4) is 0 Å². The van der Waals surface area contributed by atoms with E-state index >= 15 is 0 Å². The molecule has 3 rings (SSSR count). The van der Waals surface area contributed by atoms with Crippen molar-refractivity contribution in [2.45, 2.75) is 13.8 Å². The quantitative estimate of drug-likeness (QED) is 0.203. The summed E-state index contributed by atoms with van der Waals surface area (Å²) < 4.78 is 16.0. The van der Waals surface area contributed by atoms with Gasteiger partial charge in [0.05, 0.1) is 0 Å². The van der Waals surface area contributed by atoms with Crippen LogP contribution < -0.4 is 19.1 Å². The maximum Gasteiger partial charge on any atom is 0.338 e. The predicted molar refractivity (Wildman–Crippen MR) is 138 cm³/mol. The molecule has 0 saturated carbocycles. The Morgan fingerprint density at radius 1 is 0.667 bits per heavy atom. The van der Waals surface area contributed by atoms with Crippen LogP contribution in [0.4, 0.5) is 17.1 Å². The lowest BCUT2D eigenvalue weighted by Crippen LogP contribution is -2.13. The van der Waals surface area contributed by atoms with Crippen LogP contribution in [0.1, 0.15) is 13.8 Å². The van der Waals surface area contributed by atoms with Crippen molar-refractivity contribution in [1.82, 2.24) is 0 Å². The van der Waals surface area contributed by atoms with Crippen molar-refractivity contribution < 1.29 is 28.6 Å². The van der Waals surface area contributed by atoms with E-state index in [0.717, 1.165) is 6.08 Å². The molecule has 0 fully saturated rings. The number of rotatable bonds is 9. The maximum absolute atomic E-state index is 12.0. The van der Waals surface area contributed by atoms with E-state index in [4.69, 9.17) is 14.2 Å². The van der Waals surface area contributed by atoms with Crippen LogP contribution in [0.2, 0.25) is 0 Å². The third kappa shape index (κ3) is 6.57. The summed E-state index contributed by atoms with van der Waals surface area (Å²) >= 11 is 0. The Hall–Kier alpha value is -4.91. The van der Waals surface area contributed by atoms with E-state index in [0.29, 0.717) is 34.3 Å². The highest BCUT2D eigenvalue weighted by Crippen LogP contribution is 2.38. The largest absolute Gasteiger partial charge is 0.423 e. The van der Waals surface area contributed by atoms with Gasteiger partial charge in [0.1, 0.15) is 17.2 Å². The molecule has 7 nitrogen and oxygen atoms in total. The lowest BCUT2D eigenvalue weighted by molar-refractivity contribution is -0.130. The van der Waals surface area contributed by atoms with Crippen LogP contribution in [0.15, 0.2) is 110 Å². The van der Waals surface area contributed by atoms with Gasteiger partial charge in [-0.1, -0.05) is 31.9 Å². The summed E-state index contributed by atoms with van der Waals surface area (Å²) in [7, 11) is 0. The highest BCUT2D eigenvalue weighted by molar-refractivity contribution is 5.90. The number of anilines is 3. The first kappa shape index (κ1) is 25.7. The van der Waals surface area contributed by atoms with E-state index in [1.807, 2.05) is 17.0 Å². The minimum Gasteiger partial charge on any atom is -0.423 e. The molecule has 182 valence electrons. The molecule has 0 amide bonds. The first-order chi connectivity index (χ1) is 17.2. The Morgan fingerprint density at radius 2 is 1.14 bits per heavy atom. The van der Waals surface area contributed by atoms with E-state index in [1.54, 1.807) is 74.5 Å². The first-order valence-electron chi connectivity index (χ1n) is 10.9. The molecule has 0 bridgehead atoms. The number of esters is 3. The van der Waals surface area contributed by atoms with Crippen molar-refractivity contribution in [2.75, 3.05) is 4.90 Å². The Morgan fingerprint density at radius 3 is 1.56 bits per heavy atom. The number of nitrogens with zero attached hydrogens (tertiary/aromatic N) is 1.